The van der Waals surface area contributed by atoms with Gasteiger partial charge in [0.15, 0.2) is 0 Å². The molecule has 0 saturated heterocycles. The molecule has 9 heteroatoms. The van der Waals surface area contributed by atoms with E-state index >= 15 is 0 Å². The van der Waals surface area contributed by atoms with Crippen molar-refractivity contribution < 1.29 is 32.2 Å². The zero-order valence-electron chi connectivity index (χ0n) is 7.00. The van der Waals surface area contributed by atoms with Crippen molar-refractivity contribution in [1.29, 1.82) is 0 Å². The third-order valence-corrected chi connectivity index (χ3v) is 0.845. The highest BCUT2D eigenvalue weighted by atomic mass is 32.3. The summed E-state index contributed by atoms with van der Waals surface area (Å²) in [7, 11) is -5.17. The van der Waals surface area contributed by atoms with Crippen LogP contribution in [-0.4, -0.2) is 40.9 Å². The molecule has 8 nitrogen and oxygen atoms in total. The molecule has 0 atom stereocenters. The molecule has 0 aromatic rings. The summed E-state index contributed by atoms with van der Waals surface area (Å²) >= 11 is 0. The van der Waals surface area contributed by atoms with Crippen LogP contribution in [-0.2, 0) is 20.0 Å². The molecule has 0 bridgehead atoms. The Morgan fingerprint density at radius 3 is 1.79 bits per heavy atom. The lowest BCUT2D eigenvalue weighted by atomic mass is 10.2. The Balaban J connectivity index is 0. The Labute approximate surface area is 80.3 Å². The van der Waals surface area contributed by atoms with Crippen molar-refractivity contribution >= 4 is 22.2 Å². The normalized spacial score (nSPS) is 9.93. The van der Waals surface area contributed by atoms with Gasteiger partial charge in [-0.25, -0.2) is 0 Å². The van der Waals surface area contributed by atoms with E-state index in [0.29, 0.717) is 0 Å². The van der Waals surface area contributed by atoms with E-state index in [1.165, 1.54) is 0 Å². The van der Waals surface area contributed by atoms with Gasteiger partial charge in [-0.15, -0.1) is 0 Å². The maximum absolute atomic E-state index is 10.3. The monoisotopic (exact) mass is 227 g/mol. The zero-order valence-corrected chi connectivity index (χ0v) is 7.82. The summed E-state index contributed by atoms with van der Waals surface area (Å²) in [5.41, 5.74) is 4.92. The van der Waals surface area contributed by atoms with Crippen molar-refractivity contribution in [3.05, 3.63) is 0 Å². The van der Waals surface area contributed by atoms with Gasteiger partial charge in [0.25, 0.3) is 0 Å². The van der Waals surface area contributed by atoms with Crippen LogP contribution in [0.25, 0.3) is 0 Å². The minimum Gasteiger partial charge on any atom is -0.759 e. The quantitative estimate of drug-likeness (QED) is 0.413. The van der Waals surface area contributed by atoms with Gasteiger partial charge in [-0.05, 0) is 0 Å². The van der Waals surface area contributed by atoms with Crippen molar-refractivity contribution in [1.82, 2.24) is 0 Å². The number of Topliss-reactive ketones (excluding diaryl/α,β-unsaturated/α-hetero) is 1. The van der Waals surface area contributed by atoms with Gasteiger partial charge in [0, 0.05) is 16.8 Å². The minimum atomic E-state index is -5.17. The lowest BCUT2D eigenvalue weighted by Crippen LogP contribution is -2.14. The van der Waals surface area contributed by atoms with E-state index < -0.39 is 16.4 Å². The first kappa shape index (κ1) is 15.4. The molecule has 0 saturated carbocycles. The van der Waals surface area contributed by atoms with Gasteiger partial charge in [-0.1, -0.05) is 0 Å². The van der Waals surface area contributed by atoms with Crippen LogP contribution in [0.3, 0.4) is 0 Å². The Morgan fingerprint density at radius 2 is 1.57 bits per heavy atom. The van der Waals surface area contributed by atoms with Crippen molar-refractivity contribution in [2.45, 2.75) is 12.8 Å². The van der Waals surface area contributed by atoms with Crippen LogP contribution >= 0.6 is 0 Å². The maximum atomic E-state index is 10.3. The molecule has 14 heavy (non-hydrogen) atoms. The van der Waals surface area contributed by atoms with E-state index in [0.717, 1.165) is 0 Å². The fourth-order valence-electron chi connectivity index (χ4n) is 0.348. The van der Waals surface area contributed by atoms with E-state index in [9.17, 15) is 9.59 Å². The van der Waals surface area contributed by atoms with E-state index in [-0.39, 0.29) is 25.2 Å². The molecule has 0 fully saturated rings. The smallest absolute Gasteiger partial charge is 0.303 e. The average Bonchev–Trinajstić information content (AvgIpc) is 1.96. The number of aliphatic carboxylic acids is 1. The number of carboxylic acids is 1. The minimum absolute atomic E-state index is 0.0475. The number of nitrogens with two attached hydrogens (primary N) is 1. The summed E-state index contributed by atoms with van der Waals surface area (Å²) in [6, 6.07) is 0. The van der Waals surface area contributed by atoms with Gasteiger partial charge in [-0.3, -0.25) is 18.0 Å². The van der Waals surface area contributed by atoms with Crippen LogP contribution in [0.2, 0.25) is 0 Å². The number of ketones is 1. The molecule has 3 N–H and O–H groups in total. The molecule has 0 aliphatic heterocycles. The van der Waals surface area contributed by atoms with E-state index in [1.54, 1.807) is 0 Å². The van der Waals surface area contributed by atoms with E-state index in [4.69, 9.17) is 28.4 Å². The maximum Gasteiger partial charge on any atom is 0.303 e. The van der Waals surface area contributed by atoms with E-state index in [2.05, 4.69) is 0 Å². The number of hydrogen-bond donors (Lipinski definition) is 2. The third kappa shape index (κ3) is 30.6. The second kappa shape index (κ2) is 7.38. The Morgan fingerprint density at radius 1 is 1.21 bits per heavy atom. The summed E-state index contributed by atoms with van der Waals surface area (Å²) in [5, 5.41) is 8.06. The third-order valence-electron chi connectivity index (χ3n) is 0.845. The highest BCUT2D eigenvalue weighted by Gasteiger charge is 2.01. The fourth-order valence-corrected chi connectivity index (χ4v) is 0.348. The second-order valence-corrected chi connectivity index (χ2v) is 2.86. The molecule has 0 heterocycles. The highest BCUT2D eigenvalue weighted by molar-refractivity contribution is 7.79. The van der Waals surface area contributed by atoms with Gasteiger partial charge in [0.2, 0.25) is 0 Å². The molecular formula is C5H9NO7S-2. The Bertz CT molecular complexity index is 274. The van der Waals surface area contributed by atoms with Crippen molar-refractivity contribution in [3.8, 4) is 0 Å². The molecule has 0 aliphatic carbocycles. The topological polar surface area (TPSA) is 161 Å². The van der Waals surface area contributed by atoms with Crippen LogP contribution in [0.15, 0.2) is 0 Å². The molecule has 84 valence electrons. The molecule has 0 aliphatic rings. The molecule has 0 rings (SSSR count). The number of hydrogen-bond acceptors (Lipinski definition) is 7. The molecule has 0 spiro atoms. The van der Waals surface area contributed by atoms with Crippen LogP contribution in [0.1, 0.15) is 12.8 Å². The molecule has 0 radical (unpaired) electrons. The molecular weight excluding hydrogens is 218 g/mol. The number of carboxylic acid groups (broad SMARTS) is 1. The zero-order chi connectivity index (χ0) is 11.8. The molecule has 0 aromatic carbocycles. The average molecular weight is 227 g/mol. The first-order valence-electron chi connectivity index (χ1n) is 3.27. The summed E-state index contributed by atoms with van der Waals surface area (Å²) < 4.78 is 34.1. The predicted molar refractivity (Wildman–Crippen MR) is 41.4 cm³/mol. The number of carbonyl (C=O) groups excluding carboxylic acids is 1. The lowest BCUT2D eigenvalue weighted by Gasteiger charge is -2.06. The van der Waals surface area contributed by atoms with Gasteiger partial charge in [-0.2, -0.15) is 0 Å². The van der Waals surface area contributed by atoms with Gasteiger partial charge < -0.3 is 19.9 Å². The van der Waals surface area contributed by atoms with Crippen molar-refractivity contribution in [2.24, 2.45) is 5.73 Å². The summed E-state index contributed by atoms with van der Waals surface area (Å²) in [6.07, 6.45) is -0.0676. The first-order chi connectivity index (χ1) is 6.16. The first-order valence-corrected chi connectivity index (χ1v) is 4.60. The summed E-state index contributed by atoms with van der Waals surface area (Å²) in [6.45, 7) is -0.0622. The Hall–Kier alpha value is -1.03. The summed E-state index contributed by atoms with van der Waals surface area (Å²) in [5.74, 6) is -1.17. The lowest BCUT2D eigenvalue weighted by molar-refractivity contribution is -0.138. The number of carbonyl (C=O) groups is 2. The SMILES string of the molecule is NCC(=O)CCC(=O)O.O=S(=O)([O-])[O-]. The standard InChI is InChI=1S/C5H9NO3.H2O4S/c6-3-4(7)1-2-5(8)9;1-5(2,3)4/h1-3,6H2,(H,8,9);(H2,1,2,3,4)/p-2. The van der Waals surface area contributed by atoms with Gasteiger partial charge in [0.1, 0.15) is 5.78 Å². The van der Waals surface area contributed by atoms with Gasteiger partial charge >= 0.3 is 5.97 Å². The fraction of sp³-hybridized carbons (Fsp3) is 0.600. The molecule has 0 aromatic heterocycles. The summed E-state index contributed by atoms with van der Waals surface area (Å²) in [4.78, 5) is 20.2. The van der Waals surface area contributed by atoms with Gasteiger partial charge in [0.05, 0.1) is 13.0 Å². The van der Waals surface area contributed by atoms with Crippen molar-refractivity contribution in [2.75, 3.05) is 6.54 Å². The van der Waals surface area contributed by atoms with Crippen LogP contribution in [0.4, 0.5) is 0 Å². The van der Waals surface area contributed by atoms with Crippen LogP contribution in [0.5, 0.6) is 0 Å². The van der Waals surface area contributed by atoms with Crippen LogP contribution in [0, 0.1) is 0 Å². The number of rotatable bonds is 4. The second-order valence-electron chi connectivity index (χ2n) is 2.04. The Kier molecular flexibility index (Phi) is 8.14. The molecule has 0 unspecified atom stereocenters. The van der Waals surface area contributed by atoms with Crippen LogP contribution < -0.4 is 5.73 Å². The molecule has 0 amide bonds. The predicted octanol–water partition coefficient (Wildman–Crippen LogP) is -1.96. The van der Waals surface area contributed by atoms with E-state index in [1.807, 2.05) is 0 Å². The highest BCUT2D eigenvalue weighted by Crippen LogP contribution is 1.87. The largest absolute Gasteiger partial charge is 0.759 e. The van der Waals surface area contributed by atoms with Crippen molar-refractivity contribution in [3.63, 3.8) is 0 Å².